The molecule has 3 heteroatoms. The lowest BCUT2D eigenvalue weighted by atomic mass is 10.0. The van der Waals surface area contributed by atoms with E-state index in [1.807, 2.05) is 46.0 Å². The second kappa shape index (κ2) is 5.66. The summed E-state index contributed by atoms with van der Waals surface area (Å²) >= 11 is 0. The van der Waals surface area contributed by atoms with Gasteiger partial charge in [0.25, 0.3) is 5.91 Å². The van der Waals surface area contributed by atoms with Gasteiger partial charge in [0.2, 0.25) is 0 Å². The largest absolute Gasteiger partial charge is 0.350 e. The van der Waals surface area contributed by atoms with Gasteiger partial charge in [-0.1, -0.05) is 12.1 Å². The highest BCUT2D eigenvalue weighted by molar-refractivity contribution is 5.95. The zero-order valence-electron chi connectivity index (χ0n) is 10.4. The molecule has 3 nitrogen and oxygen atoms in total. The van der Waals surface area contributed by atoms with Gasteiger partial charge in [0, 0.05) is 18.2 Å². The van der Waals surface area contributed by atoms with Crippen molar-refractivity contribution in [1.29, 1.82) is 0 Å². The highest BCUT2D eigenvalue weighted by Gasteiger charge is 2.10. The van der Waals surface area contributed by atoms with Gasteiger partial charge in [-0.3, -0.25) is 4.79 Å². The van der Waals surface area contributed by atoms with E-state index in [9.17, 15) is 4.79 Å². The molecule has 0 spiro atoms. The first-order valence-corrected chi connectivity index (χ1v) is 5.58. The summed E-state index contributed by atoms with van der Waals surface area (Å²) < 4.78 is 0. The Morgan fingerprint density at radius 3 is 2.69 bits per heavy atom. The lowest BCUT2D eigenvalue weighted by molar-refractivity contribution is 0.0950. The Morgan fingerprint density at radius 1 is 1.38 bits per heavy atom. The molecule has 1 amide bonds. The summed E-state index contributed by atoms with van der Waals surface area (Å²) in [5.41, 5.74) is 2.97. The van der Waals surface area contributed by atoms with Crippen molar-refractivity contribution in [2.24, 2.45) is 0 Å². The quantitative estimate of drug-likeness (QED) is 0.810. The molecule has 1 atom stereocenters. The molecule has 0 radical (unpaired) electrons. The molecule has 0 aliphatic rings. The average Bonchev–Trinajstić information content (AvgIpc) is 2.29. The minimum absolute atomic E-state index is 0.00306. The molecule has 0 aliphatic carbocycles. The Kier molecular flexibility index (Phi) is 4.50. The lowest BCUT2D eigenvalue weighted by Crippen LogP contribution is -2.37. The standard InChI is InChI=1S/C13H20N2O/c1-9-6-5-7-12(11(9)3)13(16)15-8-10(2)14-4/h5-7,10,14H,8H2,1-4H3,(H,15,16). The molecule has 1 rings (SSSR count). The molecule has 88 valence electrons. The predicted molar refractivity (Wildman–Crippen MR) is 66.8 cm³/mol. The van der Waals surface area contributed by atoms with Gasteiger partial charge < -0.3 is 10.6 Å². The van der Waals surface area contributed by atoms with E-state index in [-0.39, 0.29) is 11.9 Å². The smallest absolute Gasteiger partial charge is 0.251 e. The SMILES string of the molecule is CNC(C)CNC(=O)c1cccc(C)c1C. The van der Waals surface area contributed by atoms with Crippen molar-refractivity contribution < 1.29 is 4.79 Å². The fourth-order valence-corrected chi connectivity index (χ4v) is 1.44. The van der Waals surface area contributed by atoms with Crippen LogP contribution in [0.15, 0.2) is 18.2 Å². The molecular formula is C13H20N2O. The molecule has 0 fully saturated rings. The molecule has 0 aromatic heterocycles. The zero-order valence-corrected chi connectivity index (χ0v) is 10.4. The van der Waals surface area contributed by atoms with Crippen molar-refractivity contribution >= 4 is 5.91 Å². The molecule has 1 aromatic rings. The number of aryl methyl sites for hydroxylation is 1. The number of amides is 1. The van der Waals surface area contributed by atoms with Gasteiger partial charge in [-0.2, -0.15) is 0 Å². The van der Waals surface area contributed by atoms with Gasteiger partial charge in [0.1, 0.15) is 0 Å². The number of carbonyl (C=O) groups excluding carboxylic acids is 1. The number of hydrogen-bond donors (Lipinski definition) is 2. The Bertz CT molecular complexity index is 374. The number of nitrogens with one attached hydrogen (secondary N) is 2. The summed E-state index contributed by atoms with van der Waals surface area (Å²) in [5.74, 6) is 0.00306. The van der Waals surface area contributed by atoms with Crippen LogP contribution < -0.4 is 10.6 Å². The van der Waals surface area contributed by atoms with Crippen LogP contribution in [0.4, 0.5) is 0 Å². The van der Waals surface area contributed by atoms with E-state index >= 15 is 0 Å². The summed E-state index contributed by atoms with van der Waals surface area (Å²) in [6.45, 7) is 6.67. The summed E-state index contributed by atoms with van der Waals surface area (Å²) in [6.07, 6.45) is 0. The van der Waals surface area contributed by atoms with Gasteiger partial charge in [0.15, 0.2) is 0 Å². The number of rotatable bonds is 4. The van der Waals surface area contributed by atoms with Gasteiger partial charge in [0.05, 0.1) is 0 Å². The van der Waals surface area contributed by atoms with Crippen molar-refractivity contribution in [3.63, 3.8) is 0 Å². The summed E-state index contributed by atoms with van der Waals surface area (Å²) in [5, 5.41) is 6.00. The predicted octanol–water partition coefficient (Wildman–Crippen LogP) is 1.64. The molecule has 0 saturated carbocycles. The summed E-state index contributed by atoms with van der Waals surface area (Å²) in [7, 11) is 1.88. The first-order chi connectivity index (χ1) is 7.56. The van der Waals surface area contributed by atoms with Crippen LogP contribution >= 0.6 is 0 Å². The molecule has 16 heavy (non-hydrogen) atoms. The van der Waals surface area contributed by atoms with Gasteiger partial charge in [-0.25, -0.2) is 0 Å². The van der Waals surface area contributed by atoms with Crippen LogP contribution in [0.1, 0.15) is 28.4 Å². The molecule has 2 N–H and O–H groups in total. The summed E-state index contributed by atoms with van der Waals surface area (Å²) in [6, 6.07) is 6.08. The van der Waals surface area contributed by atoms with Crippen LogP contribution in [-0.4, -0.2) is 25.5 Å². The highest BCUT2D eigenvalue weighted by atomic mass is 16.1. The first kappa shape index (κ1) is 12.7. The Hall–Kier alpha value is -1.35. The molecular weight excluding hydrogens is 200 g/mol. The monoisotopic (exact) mass is 220 g/mol. The lowest BCUT2D eigenvalue weighted by Gasteiger charge is -2.13. The second-order valence-electron chi connectivity index (χ2n) is 4.15. The van der Waals surface area contributed by atoms with Crippen LogP contribution in [0.3, 0.4) is 0 Å². The summed E-state index contributed by atoms with van der Waals surface area (Å²) in [4.78, 5) is 11.9. The van der Waals surface area contributed by atoms with Crippen LogP contribution in [0, 0.1) is 13.8 Å². The van der Waals surface area contributed by atoms with Crippen LogP contribution in [0.5, 0.6) is 0 Å². The highest BCUT2D eigenvalue weighted by Crippen LogP contribution is 2.12. The van der Waals surface area contributed by atoms with Crippen molar-refractivity contribution in [2.45, 2.75) is 26.8 Å². The van der Waals surface area contributed by atoms with Crippen LogP contribution in [0.25, 0.3) is 0 Å². The maximum Gasteiger partial charge on any atom is 0.251 e. The fraction of sp³-hybridized carbons (Fsp3) is 0.462. The molecule has 0 bridgehead atoms. The van der Waals surface area contributed by atoms with Crippen molar-refractivity contribution in [1.82, 2.24) is 10.6 Å². The van der Waals surface area contributed by atoms with Crippen molar-refractivity contribution in [2.75, 3.05) is 13.6 Å². The maximum absolute atomic E-state index is 11.9. The van der Waals surface area contributed by atoms with Crippen LogP contribution in [0.2, 0.25) is 0 Å². The van der Waals surface area contributed by atoms with Crippen molar-refractivity contribution in [3.8, 4) is 0 Å². The molecule has 0 aliphatic heterocycles. The Labute approximate surface area is 97.2 Å². The van der Waals surface area contributed by atoms with Crippen LogP contribution in [-0.2, 0) is 0 Å². The Balaban J connectivity index is 2.70. The fourth-order valence-electron chi connectivity index (χ4n) is 1.44. The molecule has 1 aromatic carbocycles. The zero-order chi connectivity index (χ0) is 12.1. The Morgan fingerprint density at radius 2 is 2.06 bits per heavy atom. The third-order valence-electron chi connectivity index (χ3n) is 2.91. The van der Waals surface area contributed by atoms with E-state index in [0.717, 1.165) is 16.7 Å². The number of hydrogen-bond acceptors (Lipinski definition) is 2. The maximum atomic E-state index is 11.9. The topological polar surface area (TPSA) is 41.1 Å². The van der Waals surface area contributed by atoms with Gasteiger partial charge >= 0.3 is 0 Å². The van der Waals surface area contributed by atoms with E-state index in [1.54, 1.807) is 0 Å². The van der Waals surface area contributed by atoms with E-state index < -0.39 is 0 Å². The van der Waals surface area contributed by atoms with E-state index in [0.29, 0.717) is 6.54 Å². The number of benzene rings is 1. The molecule has 0 heterocycles. The minimum Gasteiger partial charge on any atom is -0.350 e. The normalized spacial score (nSPS) is 12.2. The van der Waals surface area contributed by atoms with E-state index in [4.69, 9.17) is 0 Å². The van der Waals surface area contributed by atoms with E-state index in [1.165, 1.54) is 0 Å². The third kappa shape index (κ3) is 3.07. The first-order valence-electron chi connectivity index (χ1n) is 5.58. The third-order valence-corrected chi connectivity index (χ3v) is 2.91. The number of carbonyl (C=O) groups is 1. The number of likely N-dealkylation sites (N-methyl/N-ethyl adjacent to an activating group) is 1. The molecule has 0 saturated heterocycles. The average molecular weight is 220 g/mol. The van der Waals surface area contributed by atoms with Gasteiger partial charge in [-0.05, 0) is 45.0 Å². The van der Waals surface area contributed by atoms with Crippen molar-refractivity contribution in [3.05, 3.63) is 34.9 Å². The van der Waals surface area contributed by atoms with Gasteiger partial charge in [-0.15, -0.1) is 0 Å². The second-order valence-corrected chi connectivity index (χ2v) is 4.15. The minimum atomic E-state index is 0.00306. The molecule has 1 unspecified atom stereocenters. The van der Waals surface area contributed by atoms with E-state index in [2.05, 4.69) is 10.6 Å².